The standard InChI is InChI=1S/C16H25FN2/c1-3-19-8-6-14(7-9-19)11-18-12-15-10-16(17)5-4-13(15)2/h4-5,10,14,18H,3,6-9,11-12H2,1-2H3. The second-order valence-corrected chi connectivity index (χ2v) is 5.58. The molecule has 1 fully saturated rings. The van der Waals surface area contributed by atoms with Crippen LogP contribution in [0.4, 0.5) is 4.39 Å². The zero-order valence-corrected chi connectivity index (χ0v) is 12.1. The molecule has 19 heavy (non-hydrogen) atoms. The molecule has 0 radical (unpaired) electrons. The van der Waals surface area contributed by atoms with E-state index in [1.54, 1.807) is 6.07 Å². The predicted molar refractivity (Wildman–Crippen MR) is 77.7 cm³/mol. The number of hydrogen-bond donors (Lipinski definition) is 1. The molecule has 1 N–H and O–H groups in total. The lowest BCUT2D eigenvalue weighted by Gasteiger charge is -2.31. The normalized spacial score (nSPS) is 17.8. The van der Waals surface area contributed by atoms with Gasteiger partial charge in [0.25, 0.3) is 0 Å². The molecule has 1 aliphatic heterocycles. The van der Waals surface area contributed by atoms with Gasteiger partial charge in [0, 0.05) is 6.54 Å². The summed E-state index contributed by atoms with van der Waals surface area (Å²) in [6, 6.07) is 5.02. The van der Waals surface area contributed by atoms with Crippen LogP contribution in [0.5, 0.6) is 0 Å². The van der Waals surface area contributed by atoms with Gasteiger partial charge in [-0.3, -0.25) is 0 Å². The molecule has 3 heteroatoms. The van der Waals surface area contributed by atoms with Gasteiger partial charge in [0.1, 0.15) is 5.82 Å². The first-order valence-electron chi connectivity index (χ1n) is 7.37. The Balaban J connectivity index is 1.73. The van der Waals surface area contributed by atoms with Crippen LogP contribution in [0.2, 0.25) is 0 Å². The minimum Gasteiger partial charge on any atom is -0.312 e. The number of benzene rings is 1. The molecule has 1 heterocycles. The number of rotatable bonds is 5. The second kappa shape index (κ2) is 7.01. The fraction of sp³-hybridized carbons (Fsp3) is 0.625. The van der Waals surface area contributed by atoms with Crippen LogP contribution in [0.15, 0.2) is 18.2 Å². The van der Waals surface area contributed by atoms with E-state index in [4.69, 9.17) is 0 Å². The summed E-state index contributed by atoms with van der Waals surface area (Å²) in [7, 11) is 0. The van der Waals surface area contributed by atoms with Crippen LogP contribution in [0, 0.1) is 18.7 Å². The maximum absolute atomic E-state index is 13.2. The smallest absolute Gasteiger partial charge is 0.123 e. The predicted octanol–water partition coefficient (Wildman–Crippen LogP) is 2.96. The highest BCUT2D eigenvalue weighted by Crippen LogP contribution is 2.16. The monoisotopic (exact) mass is 264 g/mol. The molecular formula is C16H25FN2. The Hall–Kier alpha value is -0.930. The van der Waals surface area contributed by atoms with E-state index in [0.29, 0.717) is 0 Å². The maximum Gasteiger partial charge on any atom is 0.123 e. The van der Waals surface area contributed by atoms with Crippen molar-refractivity contribution < 1.29 is 4.39 Å². The highest BCUT2D eigenvalue weighted by Gasteiger charge is 2.17. The lowest BCUT2D eigenvalue weighted by atomic mass is 9.96. The van der Waals surface area contributed by atoms with Crippen molar-refractivity contribution in [3.63, 3.8) is 0 Å². The van der Waals surface area contributed by atoms with Gasteiger partial charge >= 0.3 is 0 Å². The molecule has 0 amide bonds. The molecule has 0 spiro atoms. The van der Waals surface area contributed by atoms with Gasteiger partial charge in [0.15, 0.2) is 0 Å². The van der Waals surface area contributed by atoms with Gasteiger partial charge in [-0.15, -0.1) is 0 Å². The number of halogens is 1. The first kappa shape index (κ1) is 14.5. The summed E-state index contributed by atoms with van der Waals surface area (Å²) in [6.45, 7) is 9.71. The number of likely N-dealkylation sites (tertiary alicyclic amines) is 1. The summed E-state index contributed by atoms with van der Waals surface area (Å²) < 4.78 is 13.2. The van der Waals surface area contributed by atoms with Crippen LogP contribution in [-0.4, -0.2) is 31.1 Å². The van der Waals surface area contributed by atoms with E-state index in [0.717, 1.165) is 30.1 Å². The molecular weight excluding hydrogens is 239 g/mol. The lowest BCUT2D eigenvalue weighted by molar-refractivity contribution is 0.190. The number of nitrogens with zero attached hydrogens (tertiary/aromatic N) is 1. The number of hydrogen-bond acceptors (Lipinski definition) is 2. The van der Waals surface area contributed by atoms with Crippen molar-refractivity contribution in [2.24, 2.45) is 5.92 Å². The Morgan fingerprint density at radius 3 is 2.74 bits per heavy atom. The minimum atomic E-state index is -0.140. The Kier molecular flexibility index (Phi) is 5.34. The largest absolute Gasteiger partial charge is 0.312 e. The number of nitrogens with one attached hydrogen (secondary N) is 1. The third-order valence-electron chi connectivity index (χ3n) is 4.21. The molecule has 0 bridgehead atoms. The summed E-state index contributed by atoms with van der Waals surface area (Å²) in [6.07, 6.45) is 2.56. The fourth-order valence-electron chi connectivity index (χ4n) is 2.75. The van der Waals surface area contributed by atoms with E-state index >= 15 is 0 Å². The molecule has 1 aromatic carbocycles. The SMILES string of the molecule is CCN1CCC(CNCc2cc(F)ccc2C)CC1. The topological polar surface area (TPSA) is 15.3 Å². The Morgan fingerprint density at radius 2 is 2.05 bits per heavy atom. The summed E-state index contributed by atoms with van der Waals surface area (Å²) >= 11 is 0. The Morgan fingerprint density at radius 1 is 1.32 bits per heavy atom. The molecule has 0 saturated carbocycles. The Bertz CT molecular complexity index is 398. The average molecular weight is 264 g/mol. The van der Waals surface area contributed by atoms with Gasteiger partial charge in [-0.25, -0.2) is 4.39 Å². The first-order valence-corrected chi connectivity index (χ1v) is 7.37. The highest BCUT2D eigenvalue weighted by atomic mass is 19.1. The van der Waals surface area contributed by atoms with Crippen molar-refractivity contribution in [3.05, 3.63) is 35.1 Å². The highest BCUT2D eigenvalue weighted by molar-refractivity contribution is 5.26. The van der Waals surface area contributed by atoms with Crippen molar-refractivity contribution in [1.82, 2.24) is 10.2 Å². The van der Waals surface area contributed by atoms with E-state index in [1.165, 1.54) is 38.5 Å². The summed E-state index contributed by atoms with van der Waals surface area (Å²) in [5, 5.41) is 3.49. The number of piperidine rings is 1. The van der Waals surface area contributed by atoms with Gasteiger partial charge in [-0.05, 0) is 75.1 Å². The van der Waals surface area contributed by atoms with Gasteiger partial charge < -0.3 is 10.2 Å². The molecule has 106 valence electrons. The zero-order valence-electron chi connectivity index (χ0n) is 12.1. The molecule has 0 aromatic heterocycles. The zero-order chi connectivity index (χ0) is 13.7. The van der Waals surface area contributed by atoms with Crippen molar-refractivity contribution >= 4 is 0 Å². The third-order valence-corrected chi connectivity index (χ3v) is 4.21. The third kappa shape index (κ3) is 4.29. The quantitative estimate of drug-likeness (QED) is 0.879. The molecule has 1 aromatic rings. The molecule has 0 atom stereocenters. The van der Waals surface area contributed by atoms with E-state index in [-0.39, 0.29) is 5.82 Å². The molecule has 1 saturated heterocycles. The molecule has 1 aliphatic rings. The van der Waals surface area contributed by atoms with Gasteiger partial charge in [-0.1, -0.05) is 13.0 Å². The van der Waals surface area contributed by atoms with Gasteiger partial charge in [0.2, 0.25) is 0 Å². The molecule has 0 unspecified atom stereocenters. The average Bonchev–Trinajstić information content (AvgIpc) is 2.43. The van der Waals surface area contributed by atoms with Crippen LogP contribution in [0.3, 0.4) is 0 Å². The van der Waals surface area contributed by atoms with Gasteiger partial charge in [-0.2, -0.15) is 0 Å². The maximum atomic E-state index is 13.2. The van der Waals surface area contributed by atoms with Gasteiger partial charge in [0.05, 0.1) is 0 Å². The van der Waals surface area contributed by atoms with E-state index in [9.17, 15) is 4.39 Å². The first-order chi connectivity index (χ1) is 9.19. The van der Waals surface area contributed by atoms with Crippen LogP contribution in [-0.2, 0) is 6.54 Å². The van der Waals surface area contributed by atoms with E-state index < -0.39 is 0 Å². The lowest BCUT2D eigenvalue weighted by Crippen LogP contribution is -2.37. The molecule has 0 aliphatic carbocycles. The van der Waals surface area contributed by atoms with Crippen LogP contribution in [0.25, 0.3) is 0 Å². The Labute approximate surface area is 116 Å². The van der Waals surface area contributed by atoms with Crippen molar-refractivity contribution in [3.8, 4) is 0 Å². The summed E-state index contributed by atoms with van der Waals surface area (Å²) in [4.78, 5) is 2.51. The van der Waals surface area contributed by atoms with Crippen molar-refractivity contribution in [2.45, 2.75) is 33.2 Å². The number of aryl methyl sites for hydroxylation is 1. The van der Waals surface area contributed by atoms with Crippen LogP contribution in [0.1, 0.15) is 30.9 Å². The second-order valence-electron chi connectivity index (χ2n) is 5.58. The molecule has 2 rings (SSSR count). The molecule has 2 nitrogen and oxygen atoms in total. The fourth-order valence-corrected chi connectivity index (χ4v) is 2.75. The van der Waals surface area contributed by atoms with Crippen LogP contribution < -0.4 is 5.32 Å². The minimum absolute atomic E-state index is 0.140. The van der Waals surface area contributed by atoms with Crippen LogP contribution >= 0.6 is 0 Å². The van der Waals surface area contributed by atoms with Crippen molar-refractivity contribution in [1.29, 1.82) is 0 Å². The van der Waals surface area contributed by atoms with E-state index in [1.807, 2.05) is 13.0 Å². The summed E-state index contributed by atoms with van der Waals surface area (Å²) in [5.74, 6) is 0.635. The van der Waals surface area contributed by atoms with E-state index in [2.05, 4.69) is 17.1 Å². The van der Waals surface area contributed by atoms with Crippen molar-refractivity contribution in [2.75, 3.05) is 26.2 Å². The summed E-state index contributed by atoms with van der Waals surface area (Å²) in [5.41, 5.74) is 2.24.